The molecule has 0 saturated heterocycles. The van der Waals surface area contributed by atoms with E-state index in [1.54, 1.807) is 12.3 Å². The van der Waals surface area contributed by atoms with E-state index in [-0.39, 0.29) is 12.1 Å². The van der Waals surface area contributed by atoms with Crippen LogP contribution in [0.2, 0.25) is 0 Å². The summed E-state index contributed by atoms with van der Waals surface area (Å²) < 4.78 is 1.88. The second-order valence-electron chi connectivity index (χ2n) is 10.9. The monoisotopic (exact) mass is 507 g/mol. The molecule has 3 aliphatic carbocycles. The number of aromatic nitrogens is 3. The number of hydroxylamine groups is 1. The maximum Gasteiger partial charge on any atom is 0.271 e. The zero-order valence-electron chi connectivity index (χ0n) is 21.5. The Morgan fingerprint density at radius 3 is 2.22 bits per heavy atom. The Morgan fingerprint density at radius 1 is 0.973 bits per heavy atom. The van der Waals surface area contributed by atoms with Crippen molar-refractivity contribution in [2.45, 2.75) is 108 Å². The molecule has 1 aliphatic heterocycles. The molecule has 37 heavy (non-hydrogen) atoms. The molecule has 0 aromatic carbocycles. The van der Waals surface area contributed by atoms with Crippen molar-refractivity contribution < 1.29 is 14.4 Å². The van der Waals surface area contributed by atoms with Crippen LogP contribution in [-0.4, -0.2) is 50.3 Å². The first-order chi connectivity index (χ1) is 18.1. The summed E-state index contributed by atoms with van der Waals surface area (Å²) >= 11 is 0. The van der Waals surface area contributed by atoms with Crippen LogP contribution in [0, 0.1) is 0 Å². The van der Waals surface area contributed by atoms with Crippen LogP contribution in [0.15, 0.2) is 18.5 Å². The van der Waals surface area contributed by atoms with Gasteiger partial charge in [0.1, 0.15) is 0 Å². The summed E-state index contributed by atoms with van der Waals surface area (Å²) in [6, 6.07) is 0.520. The summed E-state index contributed by atoms with van der Waals surface area (Å²) in [5, 5.41) is 15.3. The van der Waals surface area contributed by atoms with Gasteiger partial charge in [-0.2, -0.15) is 5.10 Å². The van der Waals surface area contributed by atoms with E-state index in [9.17, 15) is 9.59 Å². The van der Waals surface area contributed by atoms with Gasteiger partial charge in [-0.25, -0.2) is 14.5 Å². The van der Waals surface area contributed by atoms with Crippen LogP contribution in [0.25, 0.3) is 16.7 Å². The Hall–Kier alpha value is -3.14. The zero-order valence-corrected chi connectivity index (χ0v) is 21.5. The van der Waals surface area contributed by atoms with Gasteiger partial charge < -0.3 is 16.0 Å². The summed E-state index contributed by atoms with van der Waals surface area (Å²) in [5.74, 6) is -0.850. The fraction of sp³-hybridized carbons (Fsp3) is 0.630. The third-order valence-electron chi connectivity index (χ3n) is 8.43. The number of amides is 2. The molecule has 2 aromatic rings. The van der Waals surface area contributed by atoms with E-state index in [0.29, 0.717) is 18.3 Å². The van der Waals surface area contributed by atoms with Crippen molar-refractivity contribution in [2.24, 2.45) is 0 Å². The van der Waals surface area contributed by atoms with Gasteiger partial charge in [0.15, 0.2) is 5.65 Å². The second kappa shape index (κ2) is 9.96. The molecule has 4 N–H and O–H groups in total. The lowest BCUT2D eigenvalue weighted by Gasteiger charge is -2.33. The van der Waals surface area contributed by atoms with Crippen molar-refractivity contribution in [3.8, 4) is 0 Å². The first-order valence-electron chi connectivity index (χ1n) is 14.0. The minimum atomic E-state index is -1.77. The first-order valence-corrected chi connectivity index (χ1v) is 14.0. The Labute approximate surface area is 216 Å². The molecule has 3 heterocycles. The maximum atomic E-state index is 13.5. The van der Waals surface area contributed by atoms with E-state index < -0.39 is 17.4 Å². The highest BCUT2D eigenvalue weighted by Gasteiger charge is 2.52. The number of anilines is 1. The lowest BCUT2D eigenvalue weighted by molar-refractivity contribution is -0.158. The molecule has 198 valence electrons. The van der Waals surface area contributed by atoms with E-state index in [1.807, 2.05) is 17.8 Å². The number of rotatable bonds is 8. The van der Waals surface area contributed by atoms with Crippen molar-refractivity contribution in [1.82, 2.24) is 30.9 Å². The van der Waals surface area contributed by atoms with Crippen LogP contribution in [0.1, 0.15) is 83.1 Å². The van der Waals surface area contributed by atoms with Crippen LogP contribution in [0.4, 0.5) is 5.69 Å². The number of pyridine rings is 1. The van der Waals surface area contributed by atoms with Gasteiger partial charge in [-0.05, 0) is 64.4 Å². The van der Waals surface area contributed by atoms with Gasteiger partial charge in [-0.1, -0.05) is 19.3 Å². The Bertz CT molecular complexity index is 1180. The number of carbonyl (C=O) groups is 2. The second-order valence-corrected chi connectivity index (χ2v) is 10.9. The minimum Gasteiger partial charge on any atom is -0.381 e. The van der Waals surface area contributed by atoms with Crippen LogP contribution >= 0.6 is 0 Å². The molecular formula is C27H37N7O3. The largest absolute Gasteiger partial charge is 0.381 e. The van der Waals surface area contributed by atoms with Crippen LogP contribution < -0.4 is 21.4 Å². The van der Waals surface area contributed by atoms with Crippen molar-refractivity contribution in [1.29, 1.82) is 0 Å². The quantitative estimate of drug-likeness (QED) is 0.405. The number of nitrogens with one attached hydrogen (secondary N) is 4. The summed E-state index contributed by atoms with van der Waals surface area (Å²) in [4.78, 5) is 37.6. The number of carbonyl (C=O) groups excluding carboxylic acids is 2. The maximum absolute atomic E-state index is 13.5. The number of hydrogen-bond donors (Lipinski definition) is 4. The molecule has 0 radical (unpaired) electrons. The topological polar surface area (TPSA) is 122 Å². The summed E-state index contributed by atoms with van der Waals surface area (Å²) in [6.45, 7) is 2.76. The molecule has 3 fully saturated rings. The van der Waals surface area contributed by atoms with E-state index in [1.165, 1.54) is 19.3 Å². The highest BCUT2D eigenvalue weighted by atomic mass is 16.7. The smallest absolute Gasteiger partial charge is 0.271 e. The Kier molecular flexibility index (Phi) is 6.52. The fourth-order valence-electron chi connectivity index (χ4n) is 5.62. The van der Waals surface area contributed by atoms with Crippen LogP contribution in [0.5, 0.6) is 0 Å². The molecule has 2 aromatic heterocycles. The Balaban J connectivity index is 1.38. The molecule has 10 heteroatoms. The molecule has 3 saturated carbocycles. The van der Waals surface area contributed by atoms with Crippen LogP contribution in [-0.2, 0) is 21.0 Å². The number of fused-ring (bicyclic) bond motifs is 1. The van der Waals surface area contributed by atoms with Crippen molar-refractivity contribution in [2.75, 3.05) is 5.32 Å². The van der Waals surface area contributed by atoms with Crippen molar-refractivity contribution in [3.05, 3.63) is 24.0 Å². The van der Waals surface area contributed by atoms with E-state index >= 15 is 0 Å². The van der Waals surface area contributed by atoms with Gasteiger partial charge in [-0.15, -0.1) is 0 Å². The third kappa shape index (κ3) is 4.45. The van der Waals surface area contributed by atoms with Gasteiger partial charge in [0.25, 0.3) is 17.4 Å². The third-order valence-corrected chi connectivity index (χ3v) is 8.43. The average molecular weight is 508 g/mol. The molecule has 0 unspecified atom stereocenters. The highest BCUT2D eigenvalue weighted by Crippen LogP contribution is 2.37. The lowest BCUT2D eigenvalue weighted by atomic mass is 9.89. The molecule has 0 spiro atoms. The molecule has 10 nitrogen and oxygen atoms in total. The number of hydrogen-bond acceptors (Lipinski definition) is 7. The van der Waals surface area contributed by atoms with Crippen LogP contribution in [0.3, 0.4) is 0 Å². The number of aryl methyl sites for hydroxylation is 1. The minimum absolute atomic E-state index is 0.0864. The lowest BCUT2D eigenvalue weighted by Crippen LogP contribution is -2.61. The summed E-state index contributed by atoms with van der Waals surface area (Å²) in [5.41, 5.74) is 4.21. The molecule has 6 rings (SSSR count). The van der Waals surface area contributed by atoms with Crippen molar-refractivity contribution >= 4 is 34.2 Å². The first kappa shape index (κ1) is 24.2. The van der Waals surface area contributed by atoms with Gasteiger partial charge >= 0.3 is 0 Å². The SMILES string of the molecule is CCn1ncc2c(NC3CCCCC3)c(C3=CC(C(=O)NC4CCC4)(C(=O)NC4CCC4)ON3)cnc21. The predicted molar refractivity (Wildman–Crippen MR) is 140 cm³/mol. The molecule has 2 amide bonds. The molecular weight excluding hydrogens is 470 g/mol. The van der Waals surface area contributed by atoms with Gasteiger partial charge in [0.2, 0.25) is 0 Å². The summed E-state index contributed by atoms with van der Waals surface area (Å²) in [6.07, 6.45) is 17.0. The number of nitrogens with zero attached hydrogens (tertiary/aromatic N) is 3. The van der Waals surface area contributed by atoms with Gasteiger partial charge in [0.05, 0.1) is 23.0 Å². The standard InChI is InChI=1S/C27H37N7O3/c1-2-34-24-21(16-29-34)23(30-17-8-4-3-5-9-17)20(15-28-24)22-14-27(37-33-22,25(35)31-18-10-6-11-18)26(36)32-19-12-7-13-19/h14-19,33H,2-13H2,1H3,(H,28,30)(H,31,35)(H,32,36). The van der Waals surface area contributed by atoms with Gasteiger partial charge in [-0.3, -0.25) is 15.1 Å². The predicted octanol–water partition coefficient (Wildman–Crippen LogP) is 3.15. The molecule has 0 bridgehead atoms. The van der Waals surface area contributed by atoms with E-state index in [0.717, 1.165) is 73.7 Å². The molecule has 4 aliphatic rings. The summed E-state index contributed by atoms with van der Waals surface area (Å²) in [7, 11) is 0. The zero-order chi connectivity index (χ0) is 25.4. The van der Waals surface area contributed by atoms with Crippen molar-refractivity contribution in [3.63, 3.8) is 0 Å². The fourth-order valence-corrected chi connectivity index (χ4v) is 5.62. The van der Waals surface area contributed by atoms with Gasteiger partial charge in [0, 0.05) is 36.4 Å². The normalized spacial score (nSPS) is 22.0. The van der Waals surface area contributed by atoms with E-state index in [4.69, 9.17) is 9.82 Å². The molecule has 0 atom stereocenters. The highest BCUT2D eigenvalue weighted by molar-refractivity contribution is 6.13. The Morgan fingerprint density at radius 2 is 1.62 bits per heavy atom. The van der Waals surface area contributed by atoms with E-state index in [2.05, 4.69) is 26.5 Å². The average Bonchev–Trinajstić information content (AvgIpc) is 3.50.